The quantitative estimate of drug-likeness (QED) is 0.789. The van der Waals surface area contributed by atoms with Crippen LogP contribution < -0.4 is 0 Å². The van der Waals surface area contributed by atoms with Gasteiger partial charge in [-0.25, -0.2) is 13.2 Å². The van der Waals surface area contributed by atoms with Gasteiger partial charge in [-0.1, -0.05) is 5.16 Å². The van der Waals surface area contributed by atoms with Crippen molar-refractivity contribution in [3.8, 4) is 0 Å². The summed E-state index contributed by atoms with van der Waals surface area (Å²) in [6, 6.07) is 5.69. The maximum Gasteiger partial charge on any atom is 0.337 e. The van der Waals surface area contributed by atoms with Crippen molar-refractivity contribution in [3.63, 3.8) is 0 Å². The normalized spacial score (nSPS) is 15.3. The predicted octanol–water partition coefficient (Wildman–Crippen LogP) is 1.21. The first kappa shape index (κ1) is 14.7. The highest BCUT2D eigenvalue weighted by molar-refractivity contribution is 7.89. The molecule has 0 saturated carbocycles. The fourth-order valence-corrected chi connectivity index (χ4v) is 3.77. The zero-order valence-electron chi connectivity index (χ0n) is 11.9. The lowest BCUT2D eigenvalue weighted by Gasteiger charge is -2.24. The molecule has 22 heavy (non-hydrogen) atoms. The van der Waals surface area contributed by atoms with E-state index in [1.54, 1.807) is 0 Å². The van der Waals surface area contributed by atoms with Crippen molar-refractivity contribution < 1.29 is 22.5 Å². The molecular formula is C14H14N2O5S. The lowest BCUT2D eigenvalue weighted by atomic mass is 10.1. The third-order valence-corrected chi connectivity index (χ3v) is 5.44. The van der Waals surface area contributed by atoms with Crippen LogP contribution in [0.2, 0.25) is 0 Å². The van der Waals surface area contributed by atoms with Crippen molar-refractivity contribution in [2.45, 2.75) is 17.9 Å². The van der Waals surface area contributed by atoms with Crippen LogP contribution in [-0.4, -0.2) is 37.5 Å². The number of fused-ring (bicyclic) bond motifs is 1. The number of carbonyl (C=O) groups excluding carboxylic acids is 1. The van der Waals surface area contributed by atoms with Gasteiger partial charge >= 0.3 is 5.97 Å². The van der Waals surface area contributed by atoms with Crippen molar-refractivity contribution in [1.82, 2.24) is 9.46 Å². The molecular weight excluding hydrogens is 308 g/mol. The first-order valence-electron chi connectivity index (χ1n) is 6.63. The number of hydrogen-bond donors (Lipinski definition) is 0. The number of hydrogen-bond acceptors (Lipinski definition) is 6. The number of ether oxygens (including phenoxy) is 1. The van der Waals surface area contributed by atoms with E-state index in [1.807, 2.05) is 0 Å². The largest absolute Gasteiger partial charge is 0.465 e. The monoisotopic (exact) mass is 322 g/mol. The molecule has 2 heterocycles. The van der Waals surface area contributed by atoms with E-state index in [4.69, 9.17) is 4.52 Å². The average molecular weight is 322 g/mol. The van der Waals surface area contributed by atoms with Gasteiger partial charge in [0.25, 0.3) is 0 Å². The van der Waals surface area contributed by atoms with Crippen LogP contribution in [-0.2, 0) is 27.7 Å². The second-order valence-corrected chi connectivity index (χ2v) is 6.82. The van der Waals surface area contributed by atoms with Crippen LogP contribution in [0.25, 0.3) is 0 Å². The molecule has 0 fully saturated rings. The van der Waals surface area contributed by atoms with Gasteiger partial charge in [0.2, 0.25) is 10.0 Å². The van der Waals surface area contributed by atoms with Gasteiger partial charge in [-0.2, -0.15) is 4.31 Å². The number of methoxy groups -OCH3 is 1. The van der Waals surface area contributed by atoms with Crippen LogP contribution in [0.4, 0.5) is 0 Å². The van der Waals surface area contributed by atoms with E-state index in [2.05, 4.69) is 9.89 Å². The highest BCUT2D eigenvalue weighted by Crippen LogP contribution is 2.24. The fourth-order valence-electron chi connectivity index (χ4n) is 2.35. The second kappa shape index (κ2) is 5.54. The predicted molar refractivity (Wildman–Crippen MR) is 75.6 cm³/mol. The summed E-state index contributed by atoms with van der Waals surface area (Å²) in [5.74, 6) is 0.225. The van der Waals surface area contributed by atoms with Crippen LogP contribution in [0.3, 0.4) is 0 Å². The maximum atomic E-state index is 12.6. The lowest BCUT2D eigenvalue weighted by Crippen LogP contribution is -2.35. The SMILES string of the molecule is COC(=O)c1ccc(S(=O)(=O)N2CCc3oncc3C2)cc1. The summed E-state index contributed by atoms with van der Waals surface area (Å²) >= 11 is 0. The van der Waals surface area contributed by atoms with Gasteiger partial charge in [-0.05, 0) is 24.3 Å². The summed E-state index contributed by atoms with van der Waals surface area (Å²) < 4.78 is 36.3. The molecule has 0 amide bonds. The molecule has 0 spiro atoms. The summed E-state index contributed by atoms with van der Waals surface area (Å²) in [6.07, 6.45) is 2.03. The lowest BCUT2D eigenvalue weighted by molar-refractivity contribution is 0.0600. The minimum atomic E-state index is -3.62. The summed E-state index contributed by atoms with van der Waals surface area (Å²) in [6.45, 7) is 0.573. The van der Waals surface area contributed by atoms with Crippen molar-refractivity contribution in [2.24, 2.45) is 0 Å². The van der Waals surface area contributed by atoms with Gasteiger partial charge in [0.1, 0.15) is 5.76 Å². The third kappa shape index (κ3) is 2.51. The van der Waals surface area contributed by atoms with Gasteiger partial charge in [0, 0.05) is 25.1 Å². The Balaban J connectivity index is 1.86. The Hall–Kier alpha value is -2.19. The van der Waals surface area contributed by atoms with E-state index in [0.29, 0.717) is 18.5 Å². The Kier molecular flexibility index (Phi) is 3.71. The van der Waals surface area contributed by atoms with Gasteiger partial charge < -0.3 is 9.26 Å². The highest BCUT2D eigenvalue weighted by Gasteiger charge is 2.30. The zero-order valence-corrected chi connectivity index (χ0v) is 12.7. The summed E-state index contributed by atoms with van der Waals surface area (Å²) in [5.41, 5.74) is 1.09. The molecule has 0 unspecified atom stereocenters. The van der Waals surface area contributed by atoms with Crippen molar-refractivity contribution in [2.75, 3.05) is 13.7 Å². The van der Waals surface area contributed by atoms with Crippen LogP contribution >= 0.6 is 0 Å². The molecule has 7 nitrogen and oxygen atoms in total. The molecule has 1 aromatic heterocycles. The molecule has 0 bridgehead atoms. The molecule has 0 aliphatic carbocycles. The average Bonchev–Trinajstić information content (AvgIpc) is 3.01. The molecule has 0 radical (unpaired) electrons. The number of benzene rings is 1. The molecule has 1 aliphatic heterocycles. The number of sulfonamides is 1. The minimum absolute atomic E-state index is 0.139. The van der Waals surface area contributed by atoms with Crippen LogP contribution in [0.15, 0.2) is 39.9 Å². The van der Waals surface area contributed by atoms with Crippen molar-refractivity contribution in [1.29, 1.82) is 0 Å². The number of carbonyl (C=O) groups is 1. The maximum absolute atomic E-state index is 12.6. The minimum Gasteiger partial charge on any atom is -0.465 e. The molecule has 116 valence electrons. The van der Waals surface area contributed by atoms with Crippen molar-refractivity contribution >= 4 is 16.0 Å². The highest BCUT2D eigenvalue weighted by atomic mass is 32.2. The van der Waals surface area contributed by atoms with E-state index < -0.39 is 16.0 Å². The molecule has 1 aliphatic rings. The number of aromatic nitrogens is 1. The third-order valence-electron chi connectivity index (χ3n) is 3.58. The molecule has 8 heteroatoms. The van der Waals surface area contributed by atoms with Gasteiger partial charge in [-0.15, -0.1) is 0 Å². The second-order valence-electron chi connectivity index (χ2n) is 4.88. The summed E-state index contributed by atoms with van der Waals surface area (Å²) in [7, 11) is -2.34. The Morgan fingerprint density at radius 3 is 2.73 bits per heavy atom. The van der Waals surface area contributed by atoms with Crippen LogP contribution in [0.1, 0.15) is 21.7 Å². The van der Waals surface area contributed by atoms with Crippen molar-refractivity contribution in [3.05, 3.63) is 47.3 Å². The van der Waals surface area contributed by atoms with E-state index >= 15 is 0 Å². The molecule has 3 rings (SSSR count). The molecule has 2 aromatic rings. The standard InChI is InChI=1S/C14H14N2O5S/c1-20-14(17)10-2-4-12(5-3-10)22(18,19)16-7-6-13-11(9-16)8-15-21-13/h2-5,8H,6-7,9H2,1H3. The van der Waals surface area contributed by atoms with Crippen LogP contribution in [0.5, 0.6) is 0 Å². The topological polar surface area (TPSA) is 89.7 Å². The summed E-state index contributed by atoms with van der Waals surface area (Å²) in [5, 5.41) is 3.69. The summed E-state index contributed by atoms with van der Waals surface area (Å²) in [4.78, 5) is 11.5. The number of rotatable bonds is 3. The van der Waals surface area contributed by atoms with E-state index in [-0.39, 0.29) is 11.4 Å². The van der Waals surface area contributed by atoms with Gasteiger partial charge in [-0.3, -0.25) is 0 Å². The number of esters is 1. The Bertz CT molecular complexity index is 795. The van der Waals surface area contributed by atoms with E-state index in [1.165, 1.54) is 41.9 Å². The fraction of sp³-hybridized carbons (Fsp3) is 0.286. The van der Waals surface area contributed by atoms with E-state index in [9.17, 15) is 13.2 Å². The smallest absolute Gasteiger partial charge is 0.337 e. The molecule has 0 atom stereocenters. The molecule has 0 saturated heterocycles. The Morgan fingerprint density at radius 2 is 2.05 bits per heavy atom. The first-order valence-corrected chi connectivity index (χ1v) is 8.07. The Morgan fingerprint density at radius 1 is 1.32 bits per heavy atom. The zero-order chi connectivity index (χ0) is 15.7. The van der Waals surface area contributed by atoms with E-state index in [0.717, 1.165) is 11.3 Å². The van der Waals surface area contributed by atoms with Crippen LogP contribution in [0, 0.1) is 0 Å². The first-order chi connectivity index (χ1) is 10.5. The van der Waals surface area contributed by atoms with Gasteiger partial charge in [0.15, 0.2) is 0 Å². The number of nitrogens with zero attached hydrogens (tertiary/aromatic N) is 2. The Labute approximate surface area is 127 Å². The van der Waals surface area contributed by atoms with Gasteiger partial charge in [0.05, 0.1) is 23.8 Å². The molecule has 0 N–H and O–H groups in total. The molecule has 1 aromatic carbocycles.